The monoisotopic (exact) mass is 195 g/mol. The molecule has 0 amide bonds. The quantitative estimate of drug-likeness (QED) is 0.777. The summed E-state index contributed by atoms with van der Waals surface area (Å²) >= 11 is 0. The number of nitrogens with one attached hydrogen (secondary N) is 1. The molecule has 0 saturated heterocycles. The highest BCUT2D eigenvalue weighted by molar-refractivity contribution is 5.22. The van der Waals surface area contributed by atoms with Crippen molar-refractivity contribution in [3.05, 3.63) is 18.5 Å². The van der Waals surface area contributed by atoms with Crippen LogP contribution in [0.25, 0.3) is 0 Å². The first-order valence-electron chi connectivity index (χ1n) is 4.79. The van der Waals surface area contributed by atoms with Gasteiger partial charge in [-0.15, -0.1) is 0 Å². The maximum absolute atomic E-state index is 5.53. The van der Waals surface area contributed by atoms with Crippen molar-refractivity contribution in [1.29, 1.82) is 0 Å². The highest BCUT2D eigenvalue weighted by Crippen LogP contribution is 2.09. The molecule has 0 unspecified atom stereocenters. The fourth-order valence-electron chi connectivity index (χ4n) is 1.12. The van der Waals surface area contributed by atoms with Gasteiger partial charge in [0.1, 0.15) is 0 Å². The molecule has 4 nitrogen and oxygen atoms in total. The van der Waals surface area contributed by atoms with Crippen molar-refractivity contribution in [3.63, 3.8) is 0 Å². The van der Waals surface area contributed by atoms with Crippen LogP contribution < -0.4 is 5.32 Å². The Morgan fingerprint density at radius 2 is 2.00 bits per heavy atom. The third-order valence-corrected chi connectivity index (χ3v) is 1.77. The minimum atomic E-state index is -0.187. The number of rotatable bonds is 5. The van der Waals surface area contributed by atoms with E-state index in [1.807, 2.05) is 20.8 Å². The molecule has 0 atom stereocenters. The average molecular weight is 195 g/mol. The smallest absolute Gasteiger partial charge is 0.222 e. The summed E-state index contributed by atoms with van der Waals surface area (Å²) in [5, 5.41) is 3.12. The molecule has 0 aromatic carbocycles. The van der Waals surface area contributed by atoms with Crippen LogP contribution in [-0.2, 0) is 4.74 Å². The lowest BCUT2D eigenvalue weighted by Crippen LogP contribution is -2.33. The van der Waals surface area contributed by atoms with Crippen molar-refractivity contribution in [2.45, 2.75) is 26.4 Å². The number of ether oxygens (including phenoxy) is 1. The van der Waals surface area contributed by atoms with Crippen molar-refractivity contribution in [1.82, 2.24) is 9.97 Å². The Balaban J connectivity index is 2.40. The Kier molecular flexibility index (Phi) is 3.83. The van der Waals surface area contributed by atoms with E-state index in [9.17, 15) is 0 Å². The fraction of sp³-hybridized carbons (Fsp3) is 0.600. The van der Waals surface area contributed by atoms with Crippen molar-refractivity contribution in [2.24, 2.45) is 0 Å². The molecule has 0 radical (unpaired) electrons. The van der Waals surface area contributed by atoms with Crippen LogP contribution in [0.3, 0.4) is 0 Å². The molecule has 1 N–H and O–H groups in total. The number of anilines is 1. The SMILES string of the molecule is CCOC(C)(C)CNc1ncccn1. The second-order valence-corrected chi connectivity index (χ2v) is 3.62. The summed E-state index contributed by atoms with van der Waals surface area (Å²) in [7, 11) is 0. The molecule has 78 valence electrons. The number of nitrogens with zero attached hydrogens (tertiary/aromatic N) is 2. The zero-order chi connectivity index (χ0) is 10.4. The zero-order valence-electron chi connectivity index (χ0n) is 8.95. The molecule has 0 spiro atoms. The highest BCUT2D eigenvalue weighted by Gasteiger charge is 2.17. The first kappa shape index (κ1) is 10.9. The van der Waals surface area contributed by atoms with Crippen LogP contribution in [0.15, 0.2) is 18.5 Å². The second-order valence-electron chi connectivity index (χ2n) is 3.62. The Bertz CT molecular complexity index is 261. The molecule has 0 aliphatic rings. The third kappa shape index (κ3) is 3.70. The molecule has 0 aliphatic carbocycles. The minimum Gasteiger partial charge on any atom is -0.374 e. The summed E-state index contributed by atoms with van der Waals surface area (Å²) in [4.78, 5) is 8.13. The maximum Gasteiger partial charge on any atom is 0.222 e. The van der Waals surface area contributed by atoms with Crippen LogP contribution in [0.2, 0.25) is 0 Å². The molecule has 4 heteroatoms. The number of hydrogen-bond acceptors (Lipinski definition) is 4. The Labute approximate surface area is 84.7 Å². The molecule has 0 saturated carbocycles. The first-order chi connectivity index (χ1) is 6.64. The van der Waals surface area contributed by atoms with Crippen LogP contribution in [0, 0.1) is 0 Å². The molecule has 1 rings (SSSR count). The Hall–Kier alpha value is -1.16. The van der Waals surface area contributed by atoms with Crippen molar-refractivity contribution in [3.8, 4) is 0 Å². The first-order valence-corrected chi connectivity index (χ1v) is 4.79. The second kappa shape index (κ2) is 4.91. The molecule has 0 aliphatic heterocycles. The van der Waals surface area contributed by atoms with Gasteiger partial charge in [-0.3, -0.25) is 0 Å². The molecule has 1 aromatic rings. The summed E-state index contributed by atoms with van der Waals surface area (Å²) in [6.45, 7) is 7.47. The van der Waals surface area contributed by atoms with Crippen LogP contribution in [-0.4, -0.2) is 28.7 Å². The van der Waals surface area contributed by atoms with Crippen LogP contribution in [0.4, 0.5) is 5.95 Å². The van der Waals surface area contributed by atoms with Crippen LogP contribution in [0.1, 0.15) is 20.8 Å². The summed E-state index contributed by atoms with van der Waals surface area (Å²) < 4.78 is 5.53. The standard InChI is InChI=1S/C10H17N3O/c1-4-14-10(2,3)8-13-9-11-6-5-7-12-9/h5-7H,4,8H2,1-3H3,(H,11,12,13). The van der Waals surface area contributed by atoms with E-state index in [0.717, 1.165) is 0 Å². The Morgan fingerprint density at radius 1 is 1.36 bits per heavy atom. The van der Waals surface area contributed by atoms with Crippen molar-refractivity contribution >= 4 is 5.95 Å². The highest BCUT2D eigenvalue weighted by atomic mass is 16.5. The largest absolute Gasteiger partial charge is 0.374 e. The molecular formula is C10H17N3O. The lowest BCUT2D eigenvalue weighted by atomic mass is 10.1. The van der Waals surface area contributed by atoms with E-state index in [1.54, 1.807) is 18.5 Å². The van der Waals surface area contributed by atoms with E-state index in [2.05, 4.69) is 15.3 Å². The van der Waals surface area contributed by atoms with Gasteiger partial charge in [-0.2, -0.15) is 0 Å². The molecule has 1 heterocycles. The van der Waals surface area contributed by atoms with Gasteiger partial charge in [-0.1, -0.05) is 0 Å². The van der Waals surface area contributed by atoms with Gasteiger partial charge in [0.2, 0.25) is 5.95 Å². The molecule has 1 aromatic heterocycles. The molecular weight excluding hydrogens is 178 g/mol. The predicted octanol–water partition coefficient (Wildman–Crippen LogP) is 1.70. The van der Waals surface area contributed by atoms with Gasteiger partial charge in [0.15, 0.2) is 0 Å². The topological polar surface area (TPSA) is 47.0 Å². The van der Waals surface area contributed by atoms with Gasteiger partial charge < -0.3 is 10.1 Å². The average Bonchev–Trinajstić information content (AvgIpc) is 2.17. The lowest BCUT2D eigenvalue weighted by molar-refractivity contribution is 0.000582. The minimum absolute atomic E-state index is 0.187. The Morgan fingerprint density at radius 3 is 2.57 bits per heavy atom. The van der Waals surface area contributed by atoms with E-state index in [1.165, 1.54) is 0 Å². The summed E-state index contributed by atoms with van der Waals surface area (Å²) in [6.07, 6.45) is 3.42. The van der Waals surface area contributed by atoms with E-state index < -0.39 is 0 Å². The van der Waals surface area contributed by atoms with E-state index in [-0.39, 0.29) is 5.60 Å². The van der Waals surface area contributed by atoms with Gasteiger partial charge in [0, 0.05) is 25.5 Å². The third-order valence-electron chi connectivity index (χ3n) is 1.77. The number of hydrogen-bond donors (Lipinski definition) is 1. The van der Waals surface area contributed by atoms with Crippen LogP contribution >= 0.6 is 0 Å². The van der Waals surface area contributed by atoms with Crippen molar-refractivity contribution in [2.75, 3.05) is 18.5 Å². The van der Waals surface area contributed by atoms with E-state index in [0.29, 0.717) is 19.1 Å². The van der Waals surface area contributed by atoms with Crippen molar-refractivity contribution < 1.29 is 4.74 Å². The normalized spacial score (nSPS) is 11.4. The summed E-state index contributed by atoms with van der Waals surface area (Å²) in [5.74, 6) is 0.639. The van der Waals surface area contributed by atoms with Gasteiger partial charge in [0.05, 0.1) is 5.60 Å². The number of aromatic nitrogens is 2. The van der Waals surface area contributed by atoms with Gasteiger partial charge in [0.25, 0.3) is 0 Å². The van der Waals surface area contributed by atoms with Gasteiger partial charge in [-0.05, 0) is 26.8 Å². The van der Waals surface area contributed by atoms with Gasteiger partial charge in [-0.25, -0.2) is 9.97 Å². The lowest BCUT2D eigenvalue weighted by Gasteiger charge is -2.24. The van der Waals surface area contributed by atoms with E-state index in [4.69, 9.17) is 4.74 Å². The van der Waals surface area contributed by atoms with Crippen LogP contribution in [0.5, 0.6) is 0 Å². The zero-order valence-corrected chi connectivity index (χ0v) is 8.95. The van der Waals surface area contributed by atoms with E-state index >= 15 is 0 Å². The predicted molar refractivity (Wildman–Crippen MR) is 56.2 cm³/mol. The molecule has 14 heavy (non-hydrogen) atoms. The summed E-state index contributed by atoms with van der Waals surface area (Å²) in [6, 6.07) is 1.79. The molecule has 0 fully saturated rings. The van der Waals surface area contributed by atoms with Gasteiger partial charge >= 0.3 is 0 Å². The summed E-state index contributed by atoms with van der Waals surface area (Å²) in [5.41, 5.74) is -0.187. The fourth-order valence-corrected chi connectivity index (χ4v) is 1.12. The molecule has 0 bridgehead atoms. The maximum atomic E-state index is 5.53.